The Hall–Kier alpha value is -1.61. The second kappa shape index (κ2) is 11.0. The van der Waals surface area contributed by atoms with Crippen LogP contribution in [0.3, 0.4) is 0 Å². The van der Waals surface area contributed by atoms with E-state index in [9.17, 15) is 14.4 Å². The van der Waals surface area contributed by atoms with Crippen molar-refractivity contribution in [3.63, 3.8) is 0 Å². The largest absolute Gasteiger partial charge is 0.463 e. The van der Waals surface area contributed by atoms with Crippen LogP contribution in [0.5, 0.6) is 0 Å². The zero-order chi connectivity index (χ0) is 24.9. The van der Waals surface area contributed by atoms with Crippen LogP contribution >= 0.6 is 0 Å². The first-order valence-electron chi connectivity index (χ1n) is 11.5. The van der Waals surface area contributed by atoms with Crippen molar-refractivity contribution in [1.82, 2.24) is 5.32 Å². The SMILES string of the molecule is CCCC[C@H]1C(=O)OC[C@H](NC(=O)OC(C)(C)C)C(=O)O[C@@H](C)[C@@H]1O[Si](C)(C)C(C)(C)C. The molecule has 1 aliphatic rings. The van der Waals surface area contributed by atoms with Crippen molar-refractivity contribution >= 4 is 26.3 Å². The number of amides is 1. The number of ether oxygens (including phenoxy) is 3. The molecule has 0 saturated carbocycles. The Labute approximate surface area is 194 Å². The highest BCUT2D eigenvalue weighted by Gasteiger charge is 2.46. The minimum atomic E-state index is -2.28. The van der Waals surface area contributed by atoms with Crippen LogP contribution in [0.15, 0.2) is 0 Å². The molecule has 1 heterocycles. The molecule has 0 aromatic carbocycles. The van der Waals surface area contributed by atoms with Gasteiger partial charge in [-0.25, -0.2) is 9.59 Å². The molecule has 0 aliphatic carbocycles. The average molecular weight is 474 g/mol. The van der Waals surface area contributed by atoms with E-state index in [1.54, 1.807) is 27.7 Å². The Morgan fingerprint density at radius 1 is 1.12 bits per heavy atom. The van der Waals surface area contributed by atoms with E-state index in [1.807, 2.05) is 0 Å². The summed E-state index contributed by atoms with van der Waals surface area (Å²) >= 11 is 0. The fraction of sp³-hybridized carbons (Fsp3) is 0.870. The van der Waals surface area contributed by atoms with E-state index in [2.05, 4.69) is 46.1 Å². The normalized spacial score (nSPS) is 25.7. The molecule has 1 fully saturated rings. The van der Waals surface area contributed by atoms with Gasteiger partial charge < -0.3 is 24.0 Å². The fourth-order valence-electron chi connectivity index (χ4n) is 3.09. The predicted molar refractivity (Wildman–Crippen MR) is 125 cm³/mol. The Bertz CT molecular complexity index is 666. The smallest absolute Gasteiger partial charge is 0.408 e. The van der Waals surface area contributed by atoms with E-state index < -0.39 is 56.1 Å². The van der Waals surface area contributed by atoms with Crippen LogP contribution < -0.4 is 5.32 Å². The summed E-state index contributed by atoms with van der Waals surface area (Å²) in [4.78, 5) is 38.1. The van der Waals surface area contributed by atoms with Crippen LogP contribution in [0.2, 0.25) is 18.1 Å². The lowest BCUT2D eigenvalue weighted by molar-refractivity contribution is -0.158. The van der Waals surface area contributed by atoms with Crippen molar-refractivity contribution in [2.24, 2.45) is 5.92 Å². The Morgan fingerprint density at radius 2 is 1.72 bits per heavy atom. The quantitative estimate of drug-likeness (QED) is 0.343. The minimum Gasteiger partial charge on any atom is -0.463 e. The van der Waals surface area contributed by atoms with E-state index in [-0.39, 0.29) is 11.6 Å². The maximum Gasteiger partial charge on any atom is 0.408 e. The number of esters is 2. The molecule has 0 aromatic rings. The number of hydrogen-bond acceptors (Lipinski definition) is 7. The van der Waals surface area contributed by atoms with Crippen molar-refractivity contribution < 1.29 is 33.0 Å². The van der Waals surface area contributed by atoms with Gasteiger partial charge in [-0.05, 0) is 52.2 Å². The summed E-state index contributed by atoms with van der Waals surface area (Å²) in [6, 6.07) is -1.16. The first kappa shape index (κ1) is 28.4. The minimum absolute atomic E-state index is 0.0881. The van der Waals surface area contributed by atoms with Crippen LogP contribution in [0.4, 0.5) is 4.79 Å². The Kier molecular flexibility index (Phi) is 9.77. The van der Waals surface area contributed by atoms with Gasteiger partial charge in [0.1, 0.15) is 18.3 Å². The van der Waals surface area contributed by atoms with Crippen molar-refractivity contribution in [1.29, 1.82) is 0 Å². The van der Waals surface area contributed by atoms with Gasteiger partial charge in [0.05, 0.1) is 12.0 Å². The zero-order valence-electron chi connectivity index (χ0n) is 21.5. The molecule has 1 aliphatic heterocycles. The number of carbonyl (C=O) groups is 3. The Balaban J connectivity index is 3.18. The zero-order valence-corrected chi connectivity index (χ0v) is 22.5. The van der Waals surface area contributed by atoms with Crippen LogP contribution in [0, 0.1) is 5.92 Å². The van der Waals surface area contributed by atoms with E-state index in [1.165, 1.54) is 0 Å². The van der Waals surface area contributed by atoms with E-state index in [0.29, 0.717) is 6.42 Å². The van der Waals surface area contributed by atoms with Crippen LogP contribution in [-0.4, -0.2) is 56.8 Å². The van der Waals surface area contributed by atoms with Gasteiger partial charge in [0.15, 0.2) is 14.4 Å². The second-order valence-electron chi connectivity index (χ2n) is 11.1. The molecule has 0 aromatic heterocycles. The van der Waals surface area contributed by atoms with Crippen LogP contribution in [0.1, 0.15) is 74.7 Å². The third kappa shape index (κ3) is 8.39. The first-order chi connectivity index (χ1) is 14.5. The molecule has 1 rings (SSSR count). The monoisotopic (exact) mass is 473 g/mol. The van der Waals surface area contributed by atoms with Crippen molar-refractivity contribution in [2.45, 2.75) is 117 Å². The maximum atomic E-state index is 13.1. The summed E-state index contributed by atoms with van der Waals surface area (Å²) in [5, 5.41) is 2.37. The van der Waals surface area contributed by atoms with Gasteiger partial charge in [-0.3, -0.25) is 4.79 Å². The van der Waals surface area contributed by atoms with Crippen molar-refractivity contribution in [2.75, 3.05) is 6.61 Å². The molecule has 9 heteroatoms. The summed E-state index contributed by atoms with van der Waals surface area (Å²) in [7, 11) is -2.28. The third-order valence-corrected chi connectivity index (χ3v) is 10.4. The lowest BCUT2D eigenvalue weighted by atomic mass is 9.93. The number of nitrogens with one attached hydrogen (secondary N) is 1. The molecule has 0 radical (unpaired) electrons. The maximum absolute atomic E-state index is 13.1. The van der Waals surface area contributed by atoms with Gasteiger partial charge in [-0.1, -0.05) is 40.5 Å². The number of alkyl carbamates (subject to hydrolysis) is 1. The number of unbranched alkanes of at least 4 members (excludes halogenated alkanes) is 1. The number of hydrogen-bond donors (Lipinski definition) is 1. The van der Waals surface area contributed by atoms with Gasteiger partial charge in [0, 0.05) is 0 Å². The molecule has 0 unspecified atom stereocenters. The molecule has 4 atom stereocenters. The van der Waals surface area contributed by atoms with Crippen LogP contribution in [-0.2, 0) is 28.2 Å². The van der Waals surface area contributed by atoms with Gasteiger partial charge >= 0.3 is 18.0 Å². The molecular weight excluding hydrogens is 430 g/mol. The average Bonchev–Trinajstić information content (AvgIpc) is 2.64. The van der Waals surface area contributed by atoms with Gasteiger partial charge in [0.2, 0.25) is 0 Å². The molecular formula is C23H43NO7Si. The molecule has 0 spiro atoms. The predicted octanol–water partition coefficient (Wildman–Crippen LogP) is 4.57. The van der Waals surface area contributed by atoms with E-state index in [4.69, 9.17) is 18.6 Å². The lowest BCUT2D eigenvalue weighted by Crippen LogP contribution is -2.51. The van der Waals surface area contributed by atoms with Crippen LogP contribution in [0.25, 0.3) is 0 Å². The fourth-order valence-corrected chi connectivity index (χ4v) is 4.48. The molecule has 1 saturated heterocycles. The van der Waals surface area contributed by atoms with Gasteiger partial charge in [-0.2, -0.15) is 0 Å². The standard InChI is InChI=1S/C23H43NO7Si/c1-11-12-13-16-18(31-32(9,10)23(6,7)8)15(2)29-20(26)17(14-28-19(16)25)24-21(27)30-22(3,4)5/h15-18H,11-14H2,1-10H3,(H,24,27)/t15-,16+,17-,18-/m0/s1. The summed E-state index contributed by atoms with van der Waals surface area (Å²) in [6.07, 6.45) is 0.205. The highest BCUT2D eigenvalue weighted by atomic mass is 28.4. The van der Waals surface area contributed by atoms with Gasteiger partial charge in [-0.15, -0.1) is 0 Å². The van der Waals surface area contributed by atoms with E-state index in [0.717, 1.165) is 12.8 Å². The first-order valence-corrected chi connectivity index (χ1v) is 14.4. The number of rotatable bonds is 6. The van der Waals surface area contributed by atoms with E-state index >= 15 is 0 Å². The highest BCUT2D eigenvalue weighted by molar-refractivity contribution is 6.74. The Morgan fingerprint density at radius 3 is 2.22 bits per heavy atom. The summed E-state index contributed by atoms with van der Waals surface area (Å²) in [5.41, 5.74) is -0.732. The topological polar surface area (TPSA) is 100 Å². The summed E-state index contributed by atoms with van der Waals surface area (Å²) in [6.45, 7) is 19.2. The highest BCUT2D eigenvalue weighted by Crippen LogP contribution is 2.39. The second-order valence-corrected chi connectivity index (χ2v) is 15.8. The number of cyclic esters (lactones) is 2. The molecule has 1 amide bonds. The van der Waals surface area contributed by atoms with Crippen molar-refractivity contribution in [3.05, 3.63) is 0 Å². The molecule has 32 heavy (non-hydrogen) atoms. The molecule has 1 N–H and O–H groups in total. The van der Waals surface area contributed by atoms with Crippen molar-refractivity contribution in [3.8, 4) is 0 Å². The molecule has 8 nitrogen and oxygen atoms in total. The summed E-state index contributed by atoms with van der Waals surface area (Å²) in [5.74, 6) is -1.69. The molecule has 0 bridgehead atoms. The lowest BCUT2D eigenvalue weighted by Gasteiger charge is -2.42. The molecule has 186 valence electrons. The number of carbonyl (C=O) groups excluding carboxylic acids is 3. The van der Waals surface area contributed by atoms with Gasteiger partial charge in [0.25, 0.3) is 0 Å². The summed E-state index contributed by atoms with van der Waals surface area (Å²) < 4.78 is 23.0. The third-order valence-electron chi connectivity index (χ3n) is 5.94.